The van der Waals surface area contributed by atoms with Crippen molar-refractivity contribution in [1.29, 1.82) is 0 Å². The maximum atomic E-state index is 11.3. The van der Waals surface area contributed by atoms with E-state index in [9.17, 15) is 4.79 Å². The highest BCUT2D eigenvalue weighted by Gasteiger charge is 2.61. The van der Waals surface area contributed by atoms with Crippen molar-refractivity contribution in [3.63, 3.8) is 0 Å². The van der Waals surface area contributed by atoms with Gasteiger partial charge in [0.05, 0.1) is 0 Å². The lowest BCUT2D eigenvalue weighted by Gasteiger charge is -2.41. The summed E-state index contributed by atoms with van der Waals surface area (Å²) in [4.78, 5) is 11.3. The Balaban J connectivity index is 2.22. The molecule has 2 nitrogen and oxygen atoms in total. The van der Waals surface area contributed by atoms with Crippen LogP contribution in [-0.2, 0) is 9.53 Å². The maximum absolute atomic E-state index is 11.3. The first-order valence-corrected chi connectivity index (χ1v) is 5.73. The third-order valence-corrected chi connectivity index (χ3v) is 4.54. The second-order valence-electron chi connectivity index (χ2n) is 5.94. The van der Waals surface area contributed by atoms with Gasteiger partial charge >= 0.3 is 5.97 Å². The fourth-order valence-electron chi connectivity index (χ4n) is 3.71. The number of ether oxygens (including phenoxy) is 1. The summed E-state index contributed by atoms with van der Waals surface area (Å²) in [5, 5.41) is 0. The van der Waals surface area contributed by atoms with Gasteiger partial charge in [-0.15, -0.1) is 0 Å². The predicted molar refractivity (Wildman–Crippen MR) is 59.3 cm³/mol. The molecule has 0 heterocycles. The quantitative estimate of drug-likeness (QED) is 0.515. The third kappa shape index (κ3) is 1.42. The fourth-order valence-corrected chi connectivity index (χ4v) is 3.71. The van der Waals surface area contributed by atoms with Gasteiger partial charge < -0.3 is 4.74 Å². The summed E-state index contributed by atoms with van der Waals surface area (Å²) in [6, 6.07) is 0. The lowest BCUT2D eigenvalue weighted by Crippen LogP contribution is -2.43. The van der Waals surface area contributed by atoms with Crippen LogP contribution in [0.3, 0.4) is 0 Å². The molecule has 0 spiro atoms. The van der Waals surface area contributed by atoms with Gasteiger partial charge in [0.1, 0.15) is 6.10 Å². The minimum atomic E-state index is -0.276. The molecule has 84 valence electrons. The predicted octanol–water partition coefficient (Wildman–Crippen LogP) is 2.93. The molecule has 15 heavy (non-hydrogen) atoms. The zero-order valence-electron chi connectivity index (χ0n) is 9.88. The molecule has 0 aromatic heterocycles. The van der Waals surface area contributed by atoms with E-state index in [1.165, 1.54) is 25.3 Å². The van der Waals surface area contributed by atoms with Crippen LogP contribution >= 0.6 is 0 Å². The molecule has 3 atom stereocenters. The molecule has 0 aromatic carbocycles. The van der Waals surface area contributed by atoms with Crippen LogP contribution in [0.15, 0.2) is 12.7 Å². The molecule has 2 bridgehead atoms. The average Bonchev–Trinajstić information content (AvgIpc) is 2.63. The highest BCUT2D eigenvalue weighted by molar-refractivity contribution is 5.81. The van der Waals surface area contributed by atoms with Gasteiger partial charge in [-0.2, -0.15) is 0 Å². The minimum Gasteiger partial charge on any atom is -0.458 e. The number of hydrogen-bond donors (Lipinski definition) is 0. The maximum Gasteiger partial charge on any atom is 0.330 e. The van der Waals surface area contributed by atoms with Crippen LogP contribution in [0.1, 0.15) is 40.0 Å². The fraction of sp³-hybridized carbons (Fsp3) is 0.769. The molecule has 2 fully saturated rings. The molecule has 3 unspecified atom stereocenters. The molecule has 2 heteroatoms. The minimum absolute atomic E-state index is 0.0641. The van der Waals surface area contributed by atoms with E-state index in [1.54, 1.807) is 0 Å². The molecule has 2 rings (SSSR count). The summed E-state index contributed by atoms with van der Waals surface area (Å²) in [6.45, 7) is 10.2. The summed E-state index contributed by atoms with van der Waals surface area (Å²) in [5.74, 6) is 0.437. The highest BCUT2D eigenvalue weighted by atomic mass is 16.5. The van der Waals surface area contributed by atoms with Crippen molar-refractivity contribution in [2.45, 2.75) is 46.1 Å². The molecule has 0 radical (unpaired) electrons. The van der Waals surface area contributed by atoms with E-state index < -0.39 is 0 Å². The van der Waals surface area contributed by atoms with Crippen molar-refractivity contribution in [3.05, 3.63) is 12.7 Å². The smallest absolute Gasteiger partial charge is 0.330 e. The van der Waals surface area contributed by atoms with Gasteiger partial charge in [0.15, 0.2) is 0 Å². The van der Waals surface area contributed by atoms with E-state index in [4.69, 9.17) is 4.74 Å². The van der Waals surface area contributed by atoms with Crippen LogP contribution in [0.4, 0.5) is 0 Å². The van der Waals surface area contributed by atoms with Crippen LogP contribution in [0, 0.1) is 16.7 Å². The first kappa shape index (κ1) is 10.7. The first-order valence-electron chi connectivity index (χ1n) is 5.73. The van der Waals surface area contributed by atoms with Gasteiger partial charge in [0, 0.05) is 16.9 Å². The molecule has 2 aliphatic rings. The second kappa shape index (κ2) is 3.10. The standard InChI is InChI=1S/C13H20O2/c1-5-10(14)15-11-12(2,3)9-6-7-13(11,4)8-9/h5,9,11H,1,6-8H2,2-4H3. The summed E-state index contributed by atoms with van der Waals surface area (Å²) in [7, 11) is 0. The normalized spacial score (nSPS) is 41.5. The van der Waals surface area contributed by atoms with Gasteiger partial charge in [0.25, 0.3) is 0 Å². The molecule has 0 N–H and O–H groups in total. The Labute approximate surface area is 91.7 Å². The summed E-state index contributed by atoms with van der Waals surface area (Å²) >= 11 is 0. The van der Waals surface area contributed by atoms with Gasteiger partial charge in [-0.25, -0.2) is 4.79 Å². The van der Waals surface area contributed by atoms with Crippen LogP contribution in [0.5, 0.6) is 0 Å². The lowest BCUT2D eigenvalue weighted by molar-refractivity contribution is -0.158. The monoisotopic (exact) mass is 208 g/mol. The molecule has 2 aliphatic carbocycles. The van der Waals surface area contributed by atoms with E-state index in [0.717, 1.165) is 0 Å². The Morgan fingerprint density at radius 3 is 2.60 bits per heavy atom. The Bertz CT molecular complexity index is 301. The van der Waals surface area contributed by atoms with E-state index in [0.29, 0.717) is 5.92 Å². The topological polar surface area (TPSA) is 26.3 Å². The largest absolute Gasteiger partial charge is 0.458 e. The Hall–Kier alpha value is -0.790. The number of esters is 1. The third-order valence-electron chi connectivity index (χ3n) is 4.54. The average molecular weight is 208 g/mol. The molecule has 0 amide bonds. The molecule has 0 aliphatic heterocycles. The van der Waals surface area contributed by atoms with Crippen molar-refractivity contribution >= 4 is 5.97 Å². The number of carbonyl (C=O) groups excluding carboxylic acids is 1. The lowest BCUT2D eigenvalue weighted by atomic mass is 9.70. The molecule has 2 saturated carbocycles. The van der Waals surface area contributed by atoms with Crippen molar-refractivity contribution in [2.24, 2.45) is 16.7 Å². The highest BCUT2D eigenvalue weighted by Crippen LogP contribution is 2.63. The van der Waals surface area contributed by atoms with Crippen molar-refractivity contribution < 1.29 is 9.53 Å². The van der Waals surface area contributed by atoms with Crippen molar-refractivity contribution in [3.8, 4) is 0 Å². The van der Waals surface area contributed by atoms with E-state index >= 15 is 0 Å². The zero-order chi connectivity index (χ0) is 11.3. The van der Waals surface area contributed by atoms with Crippen LogP contribution < -0.4 is 0 Å². The Kier molecular flexibility index (Phi) is 2.21. The summed E-state index contributed by atoms with van der Waals surface area (Å²) < 4.78 is 5.56. The van der Waals surface area contributed by atoms with Crippen molar-refractivity contribution in [1.82, 2.24) is 0 Å². The van der Waals surface area contributed by atoms with Crippen LogP contribution in [-0.4, -0.2) is 12.1 Å². The van der Waals surface area contributed by atoms with E-state index in [-0.39, 0.29) is 22.9 Å². The van der Waals surface area contributed by atoms with E-state index in [1.807, 2.05) is 0 Å². The number of carbonyl (C=O) groups is 1. The second-order valence-corrected chi connectivity index (χ2v) is 5.94. The van der Waals surface area contributed by atoms with Gasteiger partial charge in [-0.1, -0.05) is 27.4 Å². The van der Waals surface area contributed by atoms with E-state index in [2.05, 4.69) is 27.4 Å². The molecule has 0 saturated heterocycles. The van der Waals surface area contributed by atoms with Crippen LogP contribution in [0.2, 0.25) is 0 Å². The SMILES string of the molecule is C=CC(=O)OC1C2(C)CCC(C2)C1(C)C. The number of rotatable bonds is 2. The van der Waals surface area contributed by atoms with Crippen LogP contribution in [0.25, 0.3) is 0 Å². The zero-order valence-corrected chi connectivity index (χ0v) is 9.88. The van der Waals surface area contributed by atoms with Gasteiger partial charge in [-0.3, -0.25) is 0 Å². The van der Waals surface area contributed by atoms with Crippen molar-refractivity contribution in [2.75, 3.05) is 0 Å². The Morgan fingerprint density at radius 1 is 1.47 bits per heavy atom. The number of hydrogen-bond acceptors (Lipinski definition) is 2. The van der Waals surface area contributed by atoms with Gasteiger partial charge in [0.2, 0.25) is 0 Å². The number of fused-ring (bicyclic) bond motifs is 2. The molecule has 0 aromatic rings. The molecular weight excluding hydrogens is 188 g/mol. The summed E-state index contributed by atoms with van der Waals surface area (Å²) in [6.07, 6.45) is 5.01. The first-order chi connectivity index (χ1) is 6.90. The molecular formula is C13H20O2. The summed E-state index contributed by atoms with van der Waals surface area (Å²) in [5.41, 5.74) is 0.332. The Morgan fingerprint density at radius 2 is 2.13 bits per heavy atom. The van der Waals surface area contributed by atoms with Gasteiger partial charge in [-0.05, 0) is 25.2 Å².